The van der Waals surface area contributed by atoms with E-state index in [1.54, 1.807) is 30.3 Å². The number of nitrogens with one attached hydrogen (secondary N) is 1. The largest absolute Gasteiger partial charge is 0.397 e. The lowest BCUT2D eigenvalue weighted by molar-refractivity contribution is 0.0980. The second-order valence-corrected chi connectivity index (χ2v) is 7.95. The Kier molecular flexibility index (Phi) is 5.01. The first-order valence-corrected chi connectivity index (χ1v) is 10.6. The van der Waals surface area contributed by atoms with Crippen LogP contribution in [0.2, 0.25) is 0 Å². The molecule has 0 bridgehead atoms. The molecule has 3 N–H and O–H groups in total. The first-order chi connectivity index (χ1) is 16.0. The normalized spacial score (nSPS) is 11.8. The number of rotatable bonds is 2. The van der Waals surface area contributed by atoms with E-state index in [1.165, 1.54) is 0 Å². The van der Waals surface area contributed by atoms with Gasteiger partial charge in [0.2, 0.25) is 0 Å². The lowest BCUT2D eigenvalue weighted by Gasteiger charge is -2.23. The van der Waals surface area contributed by atoms with Gasteiger partial charge in [-0.15, -0.1) is 0 Å². The van der Waals surface area contributed by atoms with Gasteiger partial charge < -0.3 is 11.1 Å². The minimum Gasteiger partial charge on any atom is -0.397 e. The van der Waals surface area contributed by atoms with E-state index in [9.17, 15) is 9.59 Å². The Morgan fingerprint density at radius 3 is 2.00 bits per heavy atom. The number of benzene rings is 4. The van der Waals surface area contributed by atoms with Crippen LogP contribution in [0.15, 0.2) is 84.9 Å². The molecule has 0 heterocycles. The van der Waals surface area contributed by atoms with Gasteiger partial charge in [-0.25, -0.2) is 0 Å². The molecular formula is C29H20N2O2. The van der Waals surface area contributed by atoms with E-state index in [4.69, 9.17) is 5.73 Å². The highest BCUT2D eigenvalue weighted by Crippen LogP contribution is 2.38. The van der Waals surface area contributed by atoms with Crippen LogP contribution in [-0.4, -0.2) is 11.6 Å². The molecule has 158 valence electrons. The van der Waals surface area contributed by atoms with Gasteiger partial charge in [0, 0.05) is 22.4 Å². The van der Waals surface area contributed by atoms with Crippen LogP contribution >= 0.6 is 0 Å². The van der Waals surface area contributed by atoms with Crippen LogP contribution in [0.1, 0.15) is 48.5 Å². The Labute approximate surface area is 192 Å². The number of carbonyl (C=O) groups is 2. The molecule has 0 saturated carbocycles. The molecule has 0 unspecified atom stereocenters. The summed E-state index contributed by atoms with van der Waals surface area (Å²) in [6, 6.07) is 25.9. The molecule has 0 radical (unpaired) electrons. The van der Waals surface area contributed by atoms with Gasteiger partial charge in [-0.1, -0.05) is 72.0 Å². The van der Waals surface area contributed by atoms with E-state index in [2.05, 4.69) is 17.2 Å². The standard InChI is InChI=1S/C29H20N2O2/c1-18-11-15-21(16-12-18)31-24-17-20(14-13-19-7-3-2-4-8-19)27(30)26-25(24)28(32)22-9-5-6-10-23(22)29(26)33/h2-12,15-17,31H,30H2,1H3. The second-order valence-electron chi connectivity index (χ2n) is 7.95. The molecule has 4 aromatic carbocycles. The number of fused-ring (bicyclic) bond motifs is 2. The number of aryl methyl sites for hydroxylation is 1. The summed E-state index contributed by atoms with van der Waals surface area (Å²) in [6.45, 7) is 2.01. The first-order valence-electron chi connectivity index (χ1n) is 10.6. The number of hydrogen-bond acceptors (Lipinski definition) is 4. The average molecular weight is 428 g/mol. The smallest absolute Gasteiger partial charge is 0.196 e. The Hall–Kier alpha value is -4.62. The van der Waals surface area contributed by atoms with Crippen molar-refractivity contribution in [2.75, 3.05) is 11.1 Å². The summed E-state index contributed by atoms with van der Waals surface area (Å²) < 4.78 is 0. The molecule has 1 aliphatic carbocycles. The van der Waals surface area contributed by atoms with Crippen molar-refractivity contribution in [1.29, 1.82) is 0 Å². The maximum absolute atomic E-state index is 13.5. The Balaban J connectivity index is 1.72. The summed E-state index contributed by atoms with van der Waals surface area (Å²) in [5.41, 5.74) is 11.6. The van der Waals surface area contributed by atoms with Gasteiger partial charge in [-0.3, -0.25) is 9.59 Å². The average Bonchev–Trinajstić information content (AvgIpc) is 2.84. The lowest BCUT2D eigenvalue weighted by atomic mass is 9.81. The van der Waals surface area contributed by atoms with Gasteiger partial charge in [0.25, 0.3) is 0 Å². The van der Waals surface area contributed by atoms with Crippen molar-refractivity contribution < 1.29 is 9.59 Å². The zero-order valence-electron chi connectivity index (χ0n) is 18.0. The number of ketones is 2. The van der Waals surface area contributed by atoms with E-state index in [0.717, 1.165) is 16.8 Å². The zero-order valence-corrected chi connectivity index (χ0v) is 18.0. The fourth-order valence-electron chi connectivity index (χ4n) is 3.97. The van der Waals surface area contributed by atoms with Crippen LogP contribution in [0, 0.1) is 18.8 Å². The highest BCUT2D eigenvalue weighted by Gasteiger charge is 2.34. The molecule has 0 spiro atoms. The summed E-state index contributed by atoms with van der Waals surface area (Å²) >= 11 is 0. The van der Waals surface area contributed by atoms with Gasteiger partial charge >= 0.3 is 0 Å². The van der Waals surface area contributed by atoms with Crippen LogP contribution in [0.5, 0.6) is 0 Å². The quantitative estimate of drug-likeness (QED) is 0.288. The second kappa shape index (κ2) is 8.14. The van der Waals surface area contributed by atoms with E-state index in [-0.39, 0.29) is 28.4 Å². The topological polar surface area (TPSA) is 72.2 Å². The molecule has 0 atom stereocenters. The molecule has 1 aliphatic rings. The van der Waals surface area contributed by atoms with E-state index in [0.29, 0.717) is 22.4 Å². The van der Waals surface area contributed by atoms with Crippen molar-refractivity contribution in [3.05, 3.63) is 124 Å². The Bertz CT molecular complexity index is 1470. The molecular weight excluding hydrogens is 408 g/mol. The minimum atomic E-state index is -0.270. The molecule has 5 rings (SSSR count). The van der Waals surface area contributed by atoms with Crippen molar-refractivity contribution >= 4 is 28.6 Å². The molecule has 0 saturated heterocycles. The van der Waals surface area contributed by atoms with E-state index in [1.807, 2.05) is 61.5 Å². The van der Waals surface area contributed by atoms with Gasteiger partial charge in [-0.2, -0.15) is 0 Å². The maximum atomic E-state index is 13.5. The number of carbonyl (C=O) groups excluding carboxylic acids is 2. The highest BCUT2D eigenvalue weighted by molar-refractivity contribution is 6.32. The molecule has 0 amide bonds. The number of nitrogen functional groups attached to an aromatic ring is 1. The van der Waals surface area contributed by atoms with Crippen molar-refractivity contribution in [1.82, 2.24) is 0 Å². The summed E-state index contributed by atoms with van der Waals surface area (Å²) in [5, 5.41) is 3.31. The Morgan fingerprint density at radius 1 is 0.727 bits per heavy atom. The summed E-state index contributed by atoms with van der Waals surface area (Å²) in [6.07, 6.45) is 0. The lowest BCUT2D eigenvalue weighted by Crippen LogP contribution is -2.24. The summed E-state index contributed by atoms with van der Waals surface area (Å²) in [4.78, 5) is 26.9. The molecule has 0 aliphatic heterocycles. The molecule has 0 fully saturated rings. The third-order valence-corrected chi connectivity index (χ3v) is 5.68. The third-order valence-electron chi connectivity index (χ3n) is 5.68. The van der Waals surface area contributed by atoms with Crippen LogP contribution < -0.4 is 11.1 Å². The predicted molar refractivity (Wildman–Crippen MR) is 131 cm³/mol. The molecule has 0 aromatic heterocycles. The van der Waals surface area contributed by atoms with Gasteiger partial charge in [0.1, 0.15) is 0 Å². The number of hydrogen-bond donors (Lipinski definition) is 2. The van der Waals surface area contributed by atoms with E-state index < -0.39 is 0 Å². The van der Waals surface area contributed by atoms with Crippen LogP contribution in [-0.2, 0) is 0 Å². The number of nitrogens with two attached hydrogens (primary N) is 1. The van der Waals surface area contributed by atoms with Crippen LogP contribution in [0.25, 0.3) is 0 Å². The van der Waals surface area contributed by atoms with Crippen LogP contribution in [0.4, 0.5) is 17.1 Å². The maximum Gasteiger partial charge on any atom is 0.196 e. The third kappa shape index (κ3) is 3.66. The van der Waals surface area contributed by atoms with Gasteiger partial charge in [0.15, 0.2) is 11.6 Å². The van der Waals surface area contributed by atoms with E-state index >= 15 is 0 Å². The fraction of sp³-hybridized carbons (Fsp3) is 0.0345. The SMILES string of the molecule is Cc1ccc(Nc2cc(C#Cc3ccccc3)c(N)c3c2C(=O)c2ccccc2C3=O)cc1. The van der Waals surface area contributed by atoms with Crippen molar-refractivity contribution in [3.8, 4) is 11.8 Å². The number of anilines is 3. The molecule has 4 nitrogen and oxygen atoms in total. The van der Waals surface area contributed by atoms with Crippen molar-refractivity contribution in [3.63, 3.8) is 0 Å². The van der Waals surface area contributed by atoms with Gasteiger partial charge in [-0.05, 0) is 37.3 Å². The van der Waals surface area contributed by atoms with Crippen molar-refractivity contribution in [2.24, 2.45) is 0 Å². The van der Waals surface area contributed by atoms with Crippen LogP contribution in [0.3, 0.4) is 0 Å². The predicted octanol–water partition coefficient (Wildman–Crippen LogP) is 5.50. The minimum absolute atomic E-state index is 0.202. The highest BCUT2D eigenvalue weighted by atomic mass is 16.1. The fourth-order valence-corrected chi connectivity index (χ4v) is 3.97. The van der Waals surface area contributed by atoms with Gasteiger partial charge in [0.05, 0.1) is 28.1 Å². The summed E-state index contributed by atoms with van der Waals surface area (Å²) in [7, 11) is 0. The first kappa shape index (κ1) is 20.3. The monoisotopic (exact) mass is 428 g/mol. The molecule has 4 aromatic rings. The molecule has 4 heteroatoms. The zero-order chi connectivity index (χ0) is 22.9. The molecule has 33 heavy (non-hydrogen) atoms. The summed E-state index contributed by atoms with van der Waals surface area (Å²) in [5.74, 6) is 5.69. The van der Waals surface area contributed by atoms with Crippen molar-refractivity contribution in [2.45, 2.75) is 6.92 Å². The Morgan fingerprint density at radius 2 is 1.33 bits per heavy atom.